The van der Waals surface area contributed by atoms with Crippen molar-refractivity contribution in [2.45, 2.75) is 33.0 Å². The summed E-state index contributed by atoms with van der Waals surface area (Å²) in [5.41, 5.74) is 0. The van der Waals surface area contributed by atoms with Crippen LogP contribution in [0.2, 0.25) is 0 Å². The minimum atomic E-state index is -3.38. The second-order valence-corrected chi connectivity index (χ2v) is 5.11. The lowest BCUT2D eigenvalue weighted by atomic mass is 10.3. The highest BCUT2D eigenvalue weighted by molar-refractivity contribution is 7.52. The number of ether oxygens (including phenoxy) is 2. The van der Waals surface area contributed by atoms with Crippen LogP contribution in [0, 0.1) is 0 Å². The van der Waals surface area contributed by atoms with E-state index >= 15 is 0 Å². The van der Waals surface area contributed by atoms with E-state index in [1.165, 1.54) is 7.11 Å². The smallest absolute Gasteiger partial charge is 0.327 e. The van der Waals surface area contributed by atoms with Gasteiger partial charge < -0.3 is 18.9 Å². The molecule has 1 unspecified atom stereocenters. The molecule has 0 heterocycles. The van der Waals surface area contributed by atoms with Gasteiger partial charge in [-0.2, -0.15) is 0 Å². The molecule has 0 fully saturated rings. The van der Waals surface area contributed by atoms with Gasteiger partial charge in [-0.15, -0.1) is 0 Å². The van der Waals surface area contributed by atoms with Gasteiger partial charge in [0.2, 0.25) is 0 Å². The maximum Gasteiger partial charge on any atom is 0.327 e. The maximum absolute atomic E-state index is 11.1. The van der Waals surface area contributed by atoms with Crippen molar-refractivity contribution in [2.75, 3.05) is 26.5 Å². The van der Waals surface area contributed by atoms with Gasteiger partial charge in [-0.25, -0.2) is 0 Å². The predicted octanol–water partition coefficient (Wildman–Crippen LogP) is 2.00. The third-order valence-electron chi connectivity index (χ3n) is 1.87. The molecule has 92 valence electrons. The lowest BCUT2D eigenvalue weighted by molar-refractivity contribution is -0.139. The Balaban J connectivity index is 3.74. The van der Waals surface area contributed by atoms with Crippen LogP contribution in [0.5, 0.6) is 0 Å². The molecule has 0 saturated heterocycles. The van der Waals surface area contributed by atoms with Crippen molar-refractivity contribution in [1.82, 2.24) is 0 Å². The summed E-state index contributed by atoms with van der Waals surface area (Å²) in [6.45, 7) is 4.92. The summed E-state index contributed by atoms with van der Waals surface area (Å²) in [6, 6.07) is 0. The summed E-state index contributed by atoms with van der Waals surface area (Å²) < 4.78 is 26.2. The van der Waals surface area contributed by atoms with Crippen LogP contribution in [0.4, 0.5) is 0 Å². The summed E-state index contributed by atoms with van der Waals surface area (Å²) in [7, 11) is -2.14. The van der Waals surface area contributed by atoms with Crippen molar-refractivity contribution in [2.24, 2.45) is 0 Å². The van der Waals surface area contributed by atoms with Crippen molar-refractivity contribution >= 4 is 7.60 Å². The number of hydrogen-bond acceptors (Lipinski definition) is 4. The monoisotopic (exact) mass is 240 g/mol. The fraction of sp³-hybridized carbons (Fsp3) is 1.00. The van der Waals surface area contributed by atoms with Crippen molar-refractivity contribution in [3.05, 3.63) is 0 Å². The zero-order valence-corrected chi connectivity index (χ0v) is 10.5. The second kappa shape index (κ2) is 8.25. The van der Waals surface area contributed by atoms with E-state index < -0.39 is 7.60 Å². The summed E-state index contributed by atoms with van der Waals surface area (Å²) in [5.74, 6) is 0. The van der Waals surface area contributed by atoms with Gasteiger partial charge in [-0.05, 0) is 26.7 Å². The summed E-state index contributed by atoms with van der Waals surface area (Å²) in [4.78, 5) is 9.15. The van der Waals surface area contributed by atoms with Crippen LogP contribution in [0.1, 0.15) is 26.7 Å². The summed E-state index contributed by atoms with van der Waals surface area (Å²) in [5, 5.41) is 0. The Kier molecular flexibility index (Phi) is 8.29. The maximum atomic E-state index is 11.1. The topological polar surface area (TPSA) is 65.0 Å². The highest BCUT2D eigenvalue weighted by Crippen LogP contribution is 2.41. The Bertz CT molecular complexity index is 191. The normalized spacial score (nSPS) is 15.5. The molecule has 0 aromatic heterocycles. The quantitative estimate of drug-likeness (QED) is 0.493. The Morgan fingerprint density at radius 2 is 1.80 bits per heavy atom. The highest BCUT2D eigenvalue weighted by atomic mass is 31.2. The highest BCUT2D eigenvalue weighted by Gasteiger charge is 2.17. The molecule has 1 N–H and O–H groups in total. The largest absolute Gasteiger partial charge is 0.353 e. The minimum absolute atomic E-state index is 0.139. The van der Waals surface area contributed by atoms with Crippen molar-refractivity contribution in [3.8, 4) is 0 Å². The molecule has 0 aliphatic heterocycles. The van der Waals surface area contributed by atoms with Crippen LogP contribution in [-0.2, 0) is 18.6 Å². The van der Waals surface area contributed by atoms with Crippen LogP contribution < -0.4 is 0 Å². The third kappa shape index (κ3) is 7.94. The Hall–Kier alpha value is 0.0700. The summed E-state index contributed by atoms with van der Waals surface area (Å²) in [6.07, 6.45) is 1.01. The van der Waals surface area contributed by atoms with Gasteiger partial charge in [-0.3, -0.25) is 4.57 Å². The molecule has 0 amide bonds. The van der Waals surface area contributed by atoms with Gasteiger partial charge in [0.1, 0.15) is 0 Å². The zero-order chi connectivity index (χ0) is 11.7. The molecule has 0 aliphatic rings. The van der Waals surface area contributed by atoms with E-state index in [4.69, 9.17) is 14.4 Å². The molecule has 6 heteroatoms. The van der Waals surface area contributed by atoms with Gasteiger partial charge in [-0.1, -0.05) is 0 Å². The van der Waals surface area contributed by atoms with Crippen LogP contribution in [0.3, 0.4) is 0 Å². The van der Waals surface area contributed by atoms with Gasteiger partial charge in [0, 0.05) is 20.3 Å². The molecule has 5 nitrogen and oxygen atoms in total. The van der Waals surface area contributed by atoms with E-state index in [1.807, 2.05) is 13.8 Å². The predicted molar refractivity (Wildman–Crippen MR) is 58.0 cm³/mol. The molecule has 0 aromatic rings. The van der Waals surface area contributed by atoms with E-state index in [0.717, 1.165) is 0 Å². The molecule has 0 bridgehead atoms. The fourth-order valence-corrected chi connectivity index (χ4v) is 1.90. The molecule has 1 atom stereocenters. The second-order valence-electron chi connectivity index (χ2n) is 3.03. The van der Waals surface area contributed by atoms with Crippen LogP contribution >= 0.6 is 7.60 Å². The molecule has 0 radical (unpaired) electrons. The molecule has 15 heavy (non-hydrogen) atoms. The molecule has 0 saturated carbocycles. The SMILES string of the molecule is CCOC(CCCP(=O)(O)OC)OCC. The average Bonchev–Trinajstić information content (AvgIpc) is 2.18. The van der Waals surface area contributed by atoms with E-state index in [0.29, 0.717) is 26.1 Å². The van der Waals surface area contributed by atoms with E-state index in [9.17, 15) is 4.57 Å². The Morgan fingerprint density at radius 3 is 2.20 bits per heavy atom. The fourth-order valence-electron chi connectivity index (χ4n) is 1.14. The van der Waals surface area contributed by atoms with E-state index in [-0.39, 0.29) is 12.5 Å². The number of rotatable bonds is 9. The first kappa shape index (κ1) is 15.1. The Morgan fingerprint density at radius 1 is 1.27 bits per heavy atom. The average molecular weight is 240 g/mol. The Labute approximate surface area is 91.3 Å². The van der Waals surface area contributed by atoms with Crippen molar-refractivity contribution < 1.29 is 23.5 Å². The van der Waals surface area contributed by atoms with E-state index in [1.54, 1.807) is 0 Å². The van der Waals surface area contributed by atoms with Crippen LogP contribution in [0.15, 0.2) is 0 Å². The van der Waals surface area contributed by atoms with Crippen molar-refractivity contribution in [3.63, 3.8) is 0 Å². The molecule has 0 spiro atoms. The molecular weight excluding hydrogens is 219 g/mol. The van der Waals surface area contributed by atoms with Gasteiger partial charge >= 0.3 is 7.60 Å². The minimum Gasteiger partial charge on any atom is -0.353 e. The van der Waals surface area contributed by atoms with E-state index in [2.05, 4.69) is 4.52 Å². The summed E-state index contributed by atoms with van der Waals surface area (Å²) >= 11 is 0. The third-order valence-corrected chi connectivity index (χ3v) is 3.32. The molecule has 0 aromatic carbocycles. The molecular formula is C9H21O5P. The van der Waals surface area contributed by atoms with Crippen molar-refractivity contribution in [1.29, 1.82) is 0 Å². The zero-order valence-electron chi connectivity index (χ0n) is 9.64. The first-order valence-electron chi connectivity index (χ1n) is 5.16. The van der Waals surface area contributed by atoms with Crippen LogP contribution in [0.25, 0.3) is 0 Å². The van der Waals surface area contributed by atoms with Gasteiger partial charge in [0.25, 0.3) is 0 Å². The van der Waals surface area contributed by atoms with Crippen LogP contribution in [-0.4, -0.2) is 37.7 Å². The lowest BCUT2D eigenvalue weighted by Gasteiger charge is -2.17. The lowest BCUT2D eigenvalue weighted by Crippen LogP contribution is -2.17. The van der Waals surface area contributed by atoms with Gasteiger partial charge in [0.15, 0.2) is 6.29 Å². The number of hydrogen-bond donors (Lipinski definition) is 1. The first-order valence-corrected chi connectivity index (χ1v) is 6.92. The molecule has 0 rings (SSSR count). The molecule has 0 aliphatic carbocycles. The first-order chi connectivity index (χ1) is 7.05. The van der Waals surface area contributed by atoms with Gasteiger partial charge in [0.05, 0.1) is 6.16 Å². The standard InChI is InChI=1S/C9H21O5P/c1-4-13-9(14-5-2)7-6-8-15(10,11)12-3/h9H,4-8H2,1-3H3,(H,10,11).